The first-order valence-electron chi connectivity index (χ1n) is 6.84. The molecule has 1 aromatic rings. The monoisotopic (exact) mass is 268 g/mol. The van der Waals surface area contributed by atoms with Crippen LogP contribution in [0.2, 0.25) is 0 Å². The number of hydrogen-bond donors (Lipinski definition) is 1. The molecule has 1 N–H and O–H groups in total. The SMILES string of the molecule is COc1ccc(C(O)CCCC2CCCO2)cc1F. The van der Waals surface area contributed by atoms with E-state index in [-0.39, 0.29) is 5.75 Å². The second-order valence-electron chi connectivity index (χ2n) is 4.98. The molecule has 0 radical (unpaired) electrons. The largest absolute Gasteiger partial charge is 0.494 e. The van der Waals surface area contributed by atoms with E-state index in [1.54, 1.807) is 12.1 Å². The summed E-state index contributed by atoms with van der Waals surface area (Å²) in [6, 6.07) is 4.60. The molecule has 2 rings (SSSR count). The lowest BCUT2D eigenvalue weighted by atomic mass is 10.0. The van der Waals surface area contributed by atoms with Crippen molar-refractivity contribution in [2.24, 2.45) is 0 Å². The van der Waals surface area contributed by atoms with Gasteiger partial charge in [-0.05, 0) is 49.8 Å². The summed E-state index contributed by atoms with van der Waals surface area (Å²) >= 11 is 0. The van der Waals surface area contributed by atoms with Crippen LogP contribution in [0.4, 0.5) is 4.39 Å². The molecule has 3 nitrogen and oxygen atoms in total. The second-order valence-corrected chi connectivity index (χ2v) is 4.98. The maximum Gasteiger partial charge on any atom is 0.165 e. The number of halogens is 1. The summed E-state index contributed by atoms with van der Waals surface area (Å²) in [6.07, 6.45) is 4.46. The molecular weight excluding hydrogens is 247 g/mol. The number of rotatable bonds is 6. The molecule has 0 amide bonds. The van der Waals surface area contributed by atoms with E-state index in [0.29, 0.717) is 18.1 Å². The average molecular weight is 268 g/mol. The zero-order valence-electron chi connectivity index (χ0n) is 11.3. The quantitative estimate of drug-likeness (QED) is 0.861. The summed E-state index contributed by atoms with van der Waals surface area (Å²) in [5, 5.41) is 10.0. The third-order valence-corrected chi connectivity index (χ3v) is 3.59. The van der Waals surface area contributed by atoms with Crippen LogP contribution >= 0.6 is 0 Å². The third-order valence-electron chi connectivity index (χ3n) is 3.59. The highest BCUT2D eigenvalue weighted by atomic mass is 19.1. The molecule has 0 aliphatic carbocycles. The highest BCUT2D eigenvalue weighted by molar-refractivity contribution is 5.30. The van der Waals surface area contributed by atoms with Crippen molar-refractivity contribution in [3.63, 3.8) is 0 Å². The lowest BCUT2D eigenvalue weighted by molar-refractivity contribution is 0.0944. The molecule has 19 heavy (non-hydrogen) atoms. The zero-order valence-corrected chi connectivity index (χ0v) is 11.3. The molecule has 2 atom stereocenters. The first-order valence-corrected chi connectivity index (χ1v) is 6.84. The van der Waals surface area contributed by atoms with Gasteiger partial charge in [0.05, 0.1) is 19.3 Å². The minimum Gasteiger partial charge on any atom is -0.494 e. The van der Waals surface area contributed by atoms with Gasteiger partial charge in [0, 0.05) is 6.61 Å². The predicted octanol–water partition coefficient (Wildman–Crippen LogP) is 3.22. The van der Waals surface area contributed by atoms with Gasteiger partial charge in [-0.25, -0.2) is 4.39 Å². The van der Waals surface area contributed by atoms with Gasteiger partial charge >= 0.3 is 0 Å². The van der Waals surface area contributed by atoms with Gasteiger partial charge < -0.3 is 14.6 Å². The molecule has 1 aliphatic rings. The lowest BCUT2D eigenvalue weighted by Gasteiger charge is -2.14. The third kappa shape index (κ3) is 3.91. The van der Waals surface area contributed by atoms with Crippen LogP contribution in [0.25, 0.3) is 0 Å². The van der Waals surface area contributed by atoms with Crippen molar-refractivity contribution in [2.45, 2.75) is 44.3 Å². The minimum atomic E-state index is -0.623. The Hall–Kier alpha value is -1.13. The molecule has 2 unspecified atom stereocenters. The fraction of sp³-hybridized carbons (Fsp3) is 0.600. The Morgan fingerprint density at radius 1 is 1.53 bits per heavy atom. The zero-order chi connectivity index (χ0) is 13.7. The number of hydrogen-bond acceptors (Lipinski definition) is 3. The van der Waals surface area contributed by atoms with E-state index < -0.39 is 11.9 Å². The molecule has 1 aliphatic heterocycles. The molecule has 1 saturated heterocycles. The van der Waals surface area contributed by atoms with E-state index in [4.69, 9.17) is 9.47 Å². The van der Waals surface area contributed by atoms with Gasteiger partial charge in [-0.1, -0.05) is 6.07 Å². The fourth-order valence-electron chi connectivity index (χ4n) is 2.47. The van der Waals surface area contributed by atoms with Gasteiger partial charge in [-0.15, -0.1) is 0 Å². The van der Waals surface area contributed by atoms with Crippen molar-refractivity contribution >= 4 is 0 Å². The summed E-state index contributed by atoms with van der Waals surface area (Å²) in [5.74, 6) is -0.228. The smallest absolute Gasteiger partial charge is 0.165 e. The Morgan fingerprint density at radius 2 is 2.37 bits per heavy atom. The van der Waals surface area contributed by atoms with Gasteiger partial charge in [-0.3, -0.25) is 0 Å². The molecule has 106 valence electrons. The van der Waals surface area contributed by atoms with Gasteiger partial charge in [0.25, 0.3) is 0 Å². The summed E-state index contributed by atoms with van der Waals surface area (Å²) in [4.78, 5) is 0. The Balaban J connectivity index is 1.81. The van der Waals surface area contributed by atoms with Crippen molar-refractivity contribution in [3.05, 3.63) is 29.6 Å². The standard InChI is InChI=1S/C15H21FO3/c1-18-15-8-7-11(10-13(15)16)14(17)6-2-4-12-5-3-9-19-12/h7-8,10,12,14,17H,2-6,9H2,1H3. The number of ether oxygens (including phenoxy) is 2. The first-order chi connectivity index (χ1) is 9.20. The van der Waals surface area contributed by atoms with Crippen LogP contribution in [0.1, 0.15) is 43.8 Å². The van der Waals surface area contributed by atoms with Crippen molar-refractivity contribution in [3.8, 4) is 5.75 Å². The maximum absolute atomic E-state index is 13.5. The average Bonchev–Trinajstić information content (AvgIpc) is 2.91. The van der Waals surface area contributed by atoms with Gasteiger partial charge in [0.2, 0.25) is 0 Å². The molecule has 1 aromatic carbocycles. The predicted molar refractivity (Wildman–Crippen MR) is 70.7 cm³/mol. The van der Waals surface area contributed by atoms with Gasteiger partial charge in [-0.2, -0.15) is 0 Å². The molecule has 0 saturated carbocycles. The first kappa shape index (κ1) is 14.3. The highest BCUT2D eigenvalue weighted by Gasteiger charge is 2.16. The van der Waals surface area contributed by atoms with Crippen LogP contribution in [0.5, 0.6) is 5.75 Å². The topological polar surface area (TPSA) is 38.7 Å². The molecular formula is C15H21FO3. The van der Waals surface area contributed by atoms with Crippen LogP contribution in [0.3, 0.4) is 0 Å². The van der Waals surface area contributed by atoms with Crippen molar-refractivity contribution in [1.29, 1.82) is 0 Å². The van der Waals surface area contributed by atoms with Crippen LogP contribution in [-0.4, -0.2) is 24.9 Å². The molecule has 1 heterocycles. The minimum absolute atomic E-state index is 0.204. The van der Waals surface area contributed by atoms with Crippen LogP contribution in [0, 0.1) is 5.82 Å². The Bertz CT molecular complexity index is 402. The normalized spacial score (nSPS) is 20.5. The van der Waals surface area contributed by atoms with Gasteiger partial charge in [0.1, 0.15) is 0 Å². The second kappa shape index (κ2) is 6.87. The van der Waals surface area contributed by atoms with Crippen molar-refractivity contribution < 1.29 is 19.0 Å². The number of methoxy groups -OCH3 is 1. The summed E-state index contributed by atoms with van der Waals surface area (Å²) < 4.78 is 23.9. The van der Waals surface area contributed by atoms with E-state index >= 15 is 0 Å². The fourth-order valence-corrected chi connectivity index (χ4v) is 2.47. The maximum atomic E-state index is 13.5. The number of benzene rings is 1. The van der Waals surface area contributed by atoms with Crippen LogP contribution < -0.4 is 4.74 Å². The summed E-state index contributed by atoms with van der Waals surface area (Å²) in [5.41, 5.74) is 0.602. The van der Waals surface area contributed by atoms with Crippen LogP contribution in [-0.2, 0) is 4.74 Å². The lowest BCUT2D eigenvalue weighted by Crippen LogP contribution is -2.06. The van der Waals surface area contributed by atoms with Crippen molar-refractivity contribution in [2.75, 3.05) is 13.7 Å². The molecule has 0 aromatic heterocycles. The van der Waals surface area contributed by atoms with Crippen LogP contribution in [0.15, 0.2) is 18.2 Å². The van der Waals surface area contributed by atoms with E-state index in [9.17, 15) is 9.50 Å². The molecule has 1 fully saturated rings. The Kier molecular flexibility index (Phi) is 5.16. The van der Waals surface area contributed by atoms with E-state index in [0.717, 1.165) is 32.3 Å². The summed E-state index contributed by atoms with van der Waals surface area (Å²) in [7, 11) is 1.43. The Labute approximate surface area is 113 Å². The number of aliphatic hydroxyl groups is 1. The van der Waals surface area contributed by atoms with Crippen molar-refractivity contribution in [1.82, 2.24) is 0 Å². The van der Waals surface area contributed by atoms with E-state index in [1.807, 2.05) is 0 Å². The van der Waals surface area contributed by atoms with E-state index in [2.05, 4.69) is 0 Å². The highest BCUT2D eigenvalue weighted by Crippen LogP contribution is 2.26. The summed E-state index contributed by atoms with van der Waals surface area (Å²) in [6.45, 7) is 0.858. The van der Waals surface area contributed by atoms with E-state index in [1.165, 1.54) is 13.2 Å². The Morgan fingerprint density at radius 3 is 3.00 bits per heavy atom. The number of aliphatic hydroxyl groups excluding tert-OH is 1. The molecule has 0 bridgehead atoms. The van der Waals surface area contributed by atoms with Gasteiger partial charge in [0.15, 0.2) is 11.6 Å². The molecule has 4 heteroatoms. The molecule has 0 spiro atoms.